The molecule has 10 nitrogen and oxygen atoms in total. The van der Waals surface area contributed by atoms with Crippen LogP contribution in [-0.2, 0) is 0 Å². The number of aromatic nitrogens is 5. The second-order valence-electron chi connectivity index (χ2n) is 8.65. The fourth-order valence-corrected chi connectivity index (χ4v) is 4.64. The highest BCUT2D eigenvalue weighted by Gasteiger charge is 2.22. The Morgan fingerprint density at radius 1 is 1.06 bits per heavy atom. The molecule has 4 heterocycles. The zero-order chi connectivity index (χ0) is 24.1. The van der Waals surface area contributed by atoms with Gasteiger partial charge in [-0.2, -0.15) is 5.10 Å². The highest BCUT2D eigenvalue weighted by atomic mass is 16.2. The van der Waals surface area contributed by atoms with E-state index in [1.54, 1.807) is 16.8 Å². The van der Waals surface area contributed by atoms with Gasteiger partial charge in [-0.1, -0.05) is 12.1 Å². The predicted molar refractivity (Wildman–Crippen MR) is 132 cm³/mol. The van der Waals surface area contributed by atoms with Crippen LogP contribution in [0.25, 0.3) is 21.9 Å². The van der Waals surface area contributed by atoms with Crippen molar-refractivity contribution in [3.8, 4) is 0 Å². The number of rotatable bonds is 4. The molecule has 2 aromatic carbocycles. The molecule has 6 rings (SSSR count). The van der Waals surface area contributed by atoms with E-state index in [2.05, 4.69) is 20.4 Å². The summed E-state index contributed by atoms with van der Waals surface area (Å²) in [4.78, 5) is 37.3. The summed E-state index contributed by atoms with van der Waals surface area (Å²) in [6.45, 7) is 4.81. The molecule has 1 amide bonds. The number of amides is 1. The lowest BCUT2D eigenvalue weighted by Gasteiger charge is -2.27. The van der Waals surface area contributed by atoms with Gasteiger partial charge >= 0.3 is 0 Å². The van der Waals surface area contributed by atoms with Crippen LogP contribution in [0, 0.1) is 6.92 Å². The highest BCUT2D eigenvalue weighted by Crippen LogP contribution is 2.24. The van der Waals surface area contributed by atoms with Gasteiger partial charge in [0.25, 0.3) is 5.91 Å². The summed E-state index contributed by atoms with van der Waals surface area (Å²) in [6, 6.07) is 14.9. The first-order valence-corrected chi connectivity index (χ1v) is 11.5. The molecule has 0 spiro atoms. The number of para-hydroxylation sites is 2. The zero-order valence-corrected chi connectivity index (χ0v) is 19.2. The number of nitrogens with one attached hydrogen (secondary N) is 2. The average Bonchev–Trinajstić information content (AvgIpc) is 3.57. The number of piperazine rings is 1. The van der Waals surface area contributed by atoms with Crippen molar-refractivity contribution in [2.24, 2.45) is 0 Å². The third-order valence-electron chi connectivity index (χ3n) is 6.44. The Hall–Kier alpha value is -4.44. The minimum atomic E-state index is -0.276. The van der Waals surface area contributed by atoms with E-state index in [-0.39, 0.29) is 23.1 Å². The molecule has 1 aliphatic heterocycles. The standard InChI is InChI=1S/C25H24N8O2/c1-15-29-20-4-2-3-5-22(20)32(15)33-24(26)18(14-28-33)23(34)21-13-17-12-16(6-7-19(17)30-21)25(35)31-10-8-27-9-11-31/h2-7,12-14,27,30H,8-11,26H2,1H3. The Bertz CT molecular complexity index is 1600. The molecular weight excluding hydrogens is 444 g/mol. The van der Waals surface area contributed by atoms with Crippen molar-refractivity contribution < 1.29 is 9.59 Å². The van der Waals surface area contributed by atoms with Gasteiger partial charge in [-0.05, 0) is 43.3 Å². The van der Waals surface area contributed by atoms with Crippen LogP contribution in [0.1, 0.15) is 32.2 Å². The number of H-pyrrole nitrogens is 1. The van der Waals surface area contributed by atoms with Crippen molar-refractivity contribution in [1.29, 1.82) is 0 Å². The number of nitrogens with zero attached hydrogens (tertiary/aromatic N) is 5. The molecule has 1 fully saturated rings. The monoisotopic (exact) mass is 468 g/mol. The number of nitrogen functional groups attached to an aromatic ring is 1. The van der Waals surface area contributed by atoms with E-state index in [4.69, 9.17) is 5.73 Å². The van der Waals surface area contributed by atoms with Crippen LogP contribution in [0.3, 0.4) is 0 Å². The summed E-state index contributed by atoms with van der Waals surface area (Å²) in [6.07, 6.45) is 1.47. The molecule has 4 N–H and O–H groups in total. The lowest BCUT2D eigenvalue weighted by molar-refractivity contribution is 0.0736. The molecule has 0 aliphatic carbocycles. The smallest absolute Gasteiger partial charge is 0.253 e. The number of carbonyl (C=O) groups is 2. The predicted octanol–water partition coefficient (Wildman–Crippen LogP) is 2.19. The van der Waals surface area contributed by atoms with Crippen LogP contribution >= 0.6 is 0 Å². The first kappa shape index (κ1) is 21.1. The van der Waals surface area contributed by atoms with Gasteiger partial charge in [0.05, 0.1) is 28.5 Å². The topological polar surface area (TPSA) is 127 Å². The summed E-state index contributed by atoms with van der Waals surface area (Å²) >= 11 is 0. The van der Waals surface area contributed by atoms with Crippen molar-refractivity contribution in [3.05, 3.63) is 77.4 Å². The van der Waals surface area contributed by atoms with E-state index in [0.717, 1.165) is 35.0 Å². The molecule has 5 aromatic rings. The Morgan fingerprint density at radius 3 is 2.69 bits per heavy atom. The average molecular weight is 469 g/mol. The van der Waals surface area contributed by atoms with Gasteiger partial charge in [-0.25, -0.2) is 9.66 Å². The molecule has 0 bridgehead atoms. The van der Waals surface area contributed by atoms with Crippen LogP contribution in [0.4, 0.5) is 5.82 Å². The third-order valence-corrected chi connectivity index (χ3v) is 6.44. The first-order chi connectivity index (χ1) is 17.0. The molecular formula is C25H24N8O2. The summed E-state index contributed by atoms with van der Waals surface area (Å²) in [5.41, 5.74) is 10.1. The minimum absolute atomic E-state index is 0.00377. The van der Waals surface area contributed by atoms with E-state index < -0.39 is 0 Å². The van der Waals surface area contributed by atoms with Crippen LogP contribution in [0.2, 0.25) is 0 Å². The van der Waals surface area contributed by atoms with Crippen molar-refractivity contribution in [3.63, 3.8) is 0 Å². The number of anilines is 1. The number of ketones is 1. The van der Waals surface area contributed by atoms with E-state index in [9.17, 15) is 9.59 Å². The van der Waals surface area contributed by atoms with E-state index in [1.165, 1.54) is 11.0 Å². The molecule has 1 saturated heterocycles. The molecule has 0 atom stereocenters. The molecule has 176 valence electrons. The molecule has 10 heteroatoms. The lowest BCUT2D eigenvalue weighted by atomic mass is 10.1. The number of aryl methyl sites for hydroxylation is 1. The maximum Gasteiger partial charge on any atom is 0.253 e. The number of fused-ring (bicyclic) bond motifs is 2. The zero-order valence-electron chi connectivity index (χ0n) is 19.2. The maximum absolute atomic E-state index is 13.4. The van der Waals surface area contributed by atoms with Crippen molar-refractivity contribution in [2.75, 3.05) is 31.9 Å². The number of benzene rings is 2. The van der Waals surface area contributed by atoms with E-state index >= 15 is 0 Å². The number of aromatic amines is 1. The van der Waals surface area contributed by atoms with Crippen LogP contribution in [0.5, 0.6) is 0 Å². The summed E-state index contributed by atoms with van der Waals surface area (Å²) in [5, 5.41) is 8.42. The van der Waals surface area contributed by atoms with Crippen LogP contribution in [-0.4, -0.2) is 67.3 Å². The first-order valence-electron chi connectivity index (χ1n) is 11.5. The fourth-order valence-electron chi connectivity index (χ4n) is 4.64. The number of hydrogen-bond donors (Lipinski definition) is 3. The van der Waals surface area contributed by atoms with Crippen molar-refractivity contribution >= 4 is 39.4 Å². The van der Waals surface area contributed by atoms with Crippen molar-refractivity contribution in [1.82, 2.24) is 34.8 Å². The fraction of sp³-hybridized carbons (Fsp3) is 0.200. The van der Waals surface area contributed by atoms with Gasteiger partial charge in [0.2, 0.25) is 5.78 Å². The van der Waals surface area contributed by atoms with E-state index in [1.807, 2.05) is 48.2 Å². The quantitative estimate of drug-likeness (QED) is 0.347. The molecule has 1 aliphatic rings. The summed E-state index contributed by atoms with van der Waals surface area (Å²) in [5.74, 6) is 0.639. The number of nitrogens with two attached hydrogens (primary N) is 1. The van der Waals surface area contributed by atoms with Gasteiger partial charge in [0, 0.05) is 42.6 Å². The largest absolute Gasteiger partial charge is 0.382 e. The summed E-state index contributed by atoms with van der Waals surface area (Å²) in [7, 11) is 0. The van der Waals surface area contributed by atoms with E-state index in [0.29, 0.717) is 30.2 Å². The normalized spacial score (nSPS) is 14.1. The summed E-state index contributed by atoms with van der Waals surface area (Å²) < 4.78 is 1.78. The van der Waals surface area contributed by atoms with Gasteiger partial charge in [-0.3, -0.25) is 9.59 Å². The van der Waals surface area contributed by atoms with Gasteiger partial charge < -0.3 is 20.9 Å². The Balaban J connectivity index is 1.33. The second-order valence-corrected chi connectivity index (χ2v) is 8.65. The van der Waals surface area contributed by atoms with Crippen LogP contribution < -0.4 is 11.1 Å². The van der Waals surface area contributed by atoms with Gasteiger partial charge in [0.15, 0.2) is 5.82 Å². The van der Waals surface area contributed by atoms with Crippen molar-refractivity contribution in [2.45, 2.75) is 6.92 Å². The molecule has 0 unspecified atom stereocenters. The number of imidazole rings is 1. The third kappa shape index (κ3) is 3.46. The number of hydrogen-bond acceptors (Lipinski definition) is 6. The molecule has 3 aromatic heterocycles. The lowest BCUT2D eigenvalue weighted by Crippen LogP contribution is -2.46. The Labute approximate surface area is 200 Å². The maximum atomic E-state index is 13.4. The molecule has 0 saturated carbocycles. The van der Waals surface area contributed by atoms with Gasteiger partial charge in [0.1, 0.15) is 5.82 Å². The molecule has 0 radical (unpaired) electrons. The number of carbonyl (C=O) groups excluding carboxylic acids is 2. The second kappa shape index (κ2) is 8.10. The minimum Gasteiger partial charge on any atom is -0.382 e. The highest BCUT2D eigenvalue weighted by molar-refractivity contribution is 6.12. The van der Waals surface area contributed by atoms with Crippen LogP contribution in [0.15, 0.2) is 54.7 Å². The van der Waals surface area contributed by atoms with Gasteiger partial charge in [-0.15, -0.1) is 4.79 Å². The SMILES string of the molecule is Cc1nc2ccccc2n1-n1ncc(C(=O)c2cc3cc(C(=O)N4CCNCC4)ccc3[nH]2)c1N. The Morgan fingerprint density at radius 2 is 1.86 bits per heavy atom. The Kier molecular flexibility index (Phi) is 4.89. The molecule has 35 heavy (non-hydrogen) atoms.